The van der Waals surface area contributed by atoms with Crippen molar-refractivity contribution in [2.45, 2.75) is 24.3 Å². The minimum absolute atomic E-state index is 0.0507. The van der Waals surface area contributed by atoms with Crippen molar-refractivity contribution in [3.8, 4) is 0 Å². The van der Waals surface area contributed by atoms with Crippen molar-refractivity contribution in [3.63, 3.8) is 0 Å². The molecule has 56 valence electrons. The van der Waals surface area contributed by atoms with E-state index in [0.29, 0.717) is 5.16 Å². The van der Waals surface area contributed by atoms with Gasteiger partial charge < -0.3 is 4.55 Å². The fraction of sp³-hybridized carbons (Fsp3) is 0.750. The van der Waals surface area contributed by atoms with E-state index in [2.05, 4.69) is 20.6 Å². The molecule has 1 atom stereocenters. The predicted octanol–water partition coefficient (Wildman–Crippen LogP) is -0.284. The molecular weight excluding hydrogens is 152 g/mol. The summed E-state index contributed by atoms with van der Waals surface area (Å²) >= 11 is -1.10. The van der Waals surface area contributed by atoms with E-state index < -0.39 is 11.2 Å². The largest absolute Gasteiger partial charge is 0.609 e. The van der Waals surface area contributed by atoms with Crippen molar-refractivity contribution in [3.05, 3.63) is 0 Å². The van der Waals surface area contributed by atoms with Gasteiger partial charge in [-0.2, -0.15) is 5.10 Å². The third kappa shape index (κ3) is 1.45. The lowest BCUT2D eigenvalue weighted by Crippen LogP contribution is -2.15. The Morgan fingerprint density at radius 2 is 2.30 bits per heavy atom. The maximum atomic E-state index is 11.1. The quantitative estimate of drug-likeness (QED) is 0.603. The van der Waals surface area contributed by atoms with Gasteiger partial charge in [0.25, 0.3) is 0 Å². The Morgan fingerprint density at radius 3 is 2.70 bits per heavy atom. The first kappa shape index (κ1) is 7.49. The van der Waals surface area contributed by atoms with Crippen LogP contribution in [0, 0.1) is 0 Å². The van der Waals surface area contributed by atoms with Crippen molar-refractivity contribution < 1.29 is 4.55 Å². The third-order valence-electron chi connectivity index (χ3n) is 0.945. The average Bonchev–Trinajstić information content (AvgIpc) is 2.36. The minimum atomic E-state index is -1.10. The average molecular weight is 160 g/mol. The second kappa shape index (κ2) is 2.98. The van der Waals surface area contributed by atoms with Gasteiger partial charge in [0.05, 0.1) is 0 Å². The van der Waals surface area contributed by atoms with Crippen LogP contribution in [-0.4, -0.2) is 30.4 Å². The van der Waals surface area contributed by atoms with E-state index >= 15 is 0 Å². The molecule has 0 saturated carbocycles. The van der Waals surface area contributed by atoms with Gasteiger partial charge in [0.2, 0.25) is 0 Å². The standard InChI is InChI=1S/C4H8N4OS/c1-3(2)10(9)4-5-7-8-6-4/h3H,1-2H3,(H,5,6,7,8). The van der Waals surface area contributed by atoms with Crippen molar-refractivity contribution in [1.82, 2.24) is 20.6 Å². The van der Waals surface area contributed by atoms with Crippen molar-refractivity contribution in [2.75, 3.05) is 0 Å². The number of nitrogens with one attached hydrogen (secondary N) is 1. The number of H-pyrrole nitrogens is 1. The highest BCUT2D eigenvalue weighted by Gasteiger charge is 2.18. The lowest BCUT2D eigenvalue weighted by atomic mass is 10.6. The molecule has 1 aromatic rings. The molecule has 0 aromatic carbocycles. The van der Waals surface area contributed by atoms with E-state index in [1.807, 2.05) is 13.8 Å². The molecule has 0 radical (unpaired) electrons. The first-order valence-corrected chi connectivity index (χ1v) is 4.07. The van der Waals surface area contributed by atoms with Crippen LogP contribution in [0.3, 0.4) is 0 Å². The van der Waals surface area contributed by atoms with Crippen LogP contribution in [0.4, 0.5) is 0 Å². The molecule has 0 amide bonds. The Kier molecular flexibility index (Phi) is 2.23. The molecule has 0 bridgehead atoms. The lowest BCUT2D eigenvalue weighted by Gasteiger charge is -2.07. The summed E-state index contributed by atoms with van der Waals surface area (Å²) < 4.78 is 11.1. The fourth-order valence-electron chi connectivity index (χ4n) is 0.459. The minimum Gasteiger partial charge on any atom is -0.609 e. The summed E-state index contributed by atoms with van der Waals surface area (Å²) in [5.74, 6) is 0. The highest BCUT2D eigenvalue weighted by Crippen LogP contribution is 2.07. The highest BCUT2D eigenvalue weighted by atomic mass is 32.2. The number of aromatic nitrogens is 4. The van der Waals surface area contributed by atoms with Crippen LogP contribution < -0.4 is 0 Å². The van der Waals surface area contributed by atoms with Crippen LogP contribution in [0.2, 0.25) is 0 Å². The normalized spacial score (nSPS) is 14.0. The lowest BCUT2D eigenvalue weighted by molar-refractivity contribution is 0.577. The van der Waals surface area contributed by atoms with Gasteiger partial charge in [0.15, 0.2) is 0 Å². The predicted molar refractivity (Wildman–Crippen MR) is 35.7 cm³/mol. The zero-order chi connectivity index (χ0) is 7.56. The fourth-order valence-corrected chi connectivity index (χ4v) is 1.15. The molecule has 1 unspecified atom stereocenters. The van der Waals surface area contributed by atoms with Gasteiger partial charge in [-0.1, -0.05) is 5.10 Å². The smallest absolute Gasteiger partial charge is 0.358 e. The van der Waals surface area contributed by atoms with E-state index in [9.17, 15) is 4.55 Å². The van der Waals surface area contributed by atoms with Gasteiger partial charge in [0, 0.05) is 11.2 Å². The van der Waals surface area contributed by atoms with Crippen molar-refractivity contribution in [2.24, 2.45) is 0 Å². The van der Waals surface area contributed by atoms with E-state index in [-0.39, 0.29) is 5.25 Å². The molecule has 10 heavy (non-hydrogen) atoms. The molecule has 0 saturated heterocycles. The molecule has 1 aromatic heterocycles. The summed E-state index contributed by atoms with van der Waals surface area (Å²) in [6, 6.07) is 0. The van der Waals surface area contributed by atoms with Crippen LogP contribution in [0.5, 0.6) is 0 Å². The van der Waals surface area contributed by atoms with Crippen LogP contribution >= 0.6 is 0 Å². The number of nitrogens with zero attached hydrogens (tertiary/aromatic N) is 3. The highest BCUT2D eigenvalue weighted by molar-refractivity contribution is 7.91. The van der Waals surface area contributed by atoms with Gasteiger partial charge in [0.1, 0.15) is 5.25 Å². The van der Waals surface area contributed by atoms with E-state index in [4.69, 9.17) is 0 Å². The van der Waals surface area contributed by atoms with E-state index in [1.165, 1.54) is 0 Å². The molecule has 1 N–H and O–H groups in total. The maximum Gasteiger partial charge on any atom is 0.358 e. The zero-order valence-corrected chi connectivity index (χ0v) is 6.55. The summed E-state index contributed by atoms with van der Waals surface area (Å²) in [5.41, 5.74) is 0. The first-order chi connectivity index (χ1) is 4.72. The van der Waals surface area contributed by atoms with Gasteiger partial charge in [-0.3, -0.25) is 0 Å². The van der Waals surface area contributed by atoms with E-state index in [0.717, 1.165) is 0 Å². The van der Waals surface area contributed by atoms with Crippen LogP contribution in [0.1, 0.15) is 13.8 Å². The Morgan fingerprint density at radius 1 is 1.60 bits per heavy atom. The SMILES string of the molecule is CC(C)[S+]([O-])c1nnn[nH]1. The van der Waals surface area contributed by atoms with Crippen molar-refractivity contribution in [1.29, 1.82) is 0 Å². The van der Waals surface area contributed by atoms with Crippen molar-refractivity contribution >= 4 is 11.2 Å². The topological polar surface area (TPSA) is 77.5 Å². The van der Waals surface area contributed by atoms with Gasteiger partial charge in [-0.05, 0) is 24.3 Å². The van der Waals surface area contributed by atoms with Gasteiger partial charge in [-0.15, -0.1) is 0 Å². The second-order valence-electron chi connectivity index (χ2n) is 2.05. The first-order valence-electron chi connectivity index (χ1n) is 2.86. The van der Waals surface area contributed by atoms with Gasteiger partial charge >= 0.3 is 5.16 Å². The second-order valence-corrected chi connectivity index (χ2v) is 3.98. The number of aromatic amines is 1. The monoisotopic (exact) mass is 160 g/mol. The molecule has 0 aliphatic rings. The van der Waals surface area contributed by atoms with Crippen LogP contribution in [0.15, 0.2) is 5.16 Å². The summed E-state index contributed by atoms with van der Waals surface area (Å²) in [7, 11) is 0. The maximum absolute atomic E-state index is 11.1. The molecule has 0 fully saturated rings. The summed E-state index contributed by atoms with van der Waals surface area (Å²) in [6.07, 6.45) is 0. The summed E-state index contributed by atoms with van der Waals surface area (Å²) in [4.78, 5) is 0. The number of hydrogen-bond acceptors (Lipinski definition) is 4. The molecular formula is C4H8N4OS. The molecule has 6 heteroatoms. The number of hydrogen-bond donors (Lipinski definition) is 1. The van der Waals surface area contributed by atoms with Gasteiger partial charge in [-0.25, -0.2) is 0 Å². The summed E-state index contributed by atoms with van der Waals surface area (Å²) in [6.45, 7) is 3.69. The van der Waals surface area contributed by atoms with Crippen LogP contribution in [0.25, 0.3) is 0 Å². The molecule has 1 rings (SSSR count). The van der Waals surface area contributed by atoms with E-state index in [1.54, 1.807) is 0 Å². The molecule has 0 aliphatic carbocycles. The Balaban J connectivity index is 2.68. The Labute approximate surface area is 61.4 Å². The van der Waals surface area contributed by atoms with Crippen LogP contribution in [-0.2, 0) is 11.2 Å². The summed E-state index contributed by atoms with van der Waals surface area (Å²) in [5, 5.41) is 13.0. The Bertz CT molecular complexity index is 187. The number of tetrazole rings is 1. The zero-order valence-electron chi connectivity index (χ0n) is 5.74. The third-order valence-corrected chi connectivity index (χ3v) is 2.35. The molecule has 5 nitrogen and oxygen atoms in total. The molecule has 0 spiro atoms. The molecule has 0 aliphatic heterocycles. The molecule has 1 heterocycles. The number of rotatable bonds is 2. The Hall–Kier alpha value is -0.620.